The smallest absolute Gasteiger partial charge is 0.399 e. The molecule has 2 aliphatic heterocycles. The van der Waals surface area contributed by atoms with Crippen LogP contribution in [0.2, 0.25) is 0 Å². The van der Waals surface area contributed by atoms with Gasteiger partial charge in [0.25, 0.3) is 0 Å². The summed E-state index contributed by atoms with van der Waals surface area (Å²) in [4.78, 5) is 15.0. The predicted molar refractivity (Wildman–Crippen MR) is 223 cm³/mol. The SMILES string of the molecule is CCCCCCCCCCCCc1ccc(-c2nc(-c3ccc(B4OC(C)(C)C(C)(C)O4)cc3)nc(-c3ccc(B4OC(C)(C)C(C)(C)O4)cc3)n2)cc1. The number of hydrogen-bond acceptors (Lipinski definition) is 7. The Morgan fingerprint density at radius 2 is 0.704 bits per heavy atom. The Morgan fingerprint density at radius 3 is 1.04 bits per heavy atom. The van der Waals surface area contributed by atoms with Crippen molar-refractivity contribution in [3.63, 3.8) is 0 Å². The highest BCUT2D eigenvalue weighted by Crippen LogP contribution is 2.38. The van der Waals surface area contributed by atoms with Gasteiger partial charge in [-0.2, -0.15) is 0 Å². The van der Waals surface area contributed by atoms with E-state index in [1.807, 2.05) is 48.5 Å². The minimum absolute atomic E-state index is 0.408. The summed E-state index contributed by atoms with van der Waals surface area (Å²) < 4.78 is 25.2. The summed E-state index contributed by atoms with van der Waals surface area (Å²) in [6.45, 7) is 18.8. The van der Waals surface area contributed by atoms with Gasteiger partial charge >= 0.3 is 14.2 Å². The number of aromatic nitrogens is 3. The molecule has 7 nitrogen and oxygen atoms in total. The molecule has 3 aromatic carbocycles. The summed E-state index contributed by atoms with van der Waals surface area (Å²) in [5, 5.41) is 0. The third-order valence-electron chi connectivity index (χ3n) is 12.1. The standard InChI is InChI=1S/C45H61B2N3O4/c1-10-11-12-13-14-15-16-17-18-19-20-33-21-23-34(24-22-33)39-48-40(35-25-29-37(30-26-35)46-51-42(2,3)43(4,5)52-46)50-41(49-39)36-27-31-38(32-28-36)47-53-44(6,7)45(8,9)54-47/h21-32H,10-20H2,1-9H3. The first-order valence-electron chi connectivity index (χ1n) is 20.5. The van der Waals surface area contributed by atoms with E-state index in [-0.39, 0.29) is 0 Å². The maximum absolute atomic E-state index is 6.31. The second-order valence-electron chi connectivity index (χ2n) is 17.4. The average Bonchev–Trinajstić information content (AvgIpc) is 3.51. The summed E-state index contributed by atoms with van der Waals surface area (Å²) >= 11 is 0. The molecule has 0 unspecified atom stereocenters. The lowest BCUT2D eigenvalue weighted by molar-refractivity contribution is 0.00578. The number of nitrogens with zero attached hydrogens (tertiary/aromatic N) is 3. The van der Waals surface area contributed by atoms with Gasteiger partial charge in [0, 0.05) is 16.7 Å². The van der Waals surface area contributed by atoms with Gasteiger partial charge in [-0.3, -0.25) is 0 Å². The molecule has 0 aliphatic carbocycles. The highest BCUT2D eigenvalue weighted by atomic mass is 16.7. The Kier molecular flexibility index (Phi) is 12.5. The quantitative estimate of drug-likeness (QED) is 0.0840. The van der Waals surface area contributed by atoms with E-state index in [0.29, 0.717) is 17.5 Å². The van der Waals surface area contributed by atoms with Crippen LogP contribution in [-0.2, 0) is 25.0 Å². The van der Waals surface area contributed by atoms with Gasteiger partial charge in [0.05, 0.1) is 22.4 Å². The normalized spacial score (nSPS) is 18.4. The largest absolute Gasteiger partial charge is 0.494 e. The fourth-order valence-electron chi connectivity index (χ4n) is 6.94. The van der Waals surface area contributed by atoms with Crippen molar-refractivity contribution in [2.75, 3.05) is 0 Å². The van der Waals surface area contributed by atoms with Crippen molar-refractivity contribution in [2.45, 2.75) is 155 Å². The highest BCUT2D eigenvalue weighted by molar-refractivity contribution is 6.62. The van der Waals surface area contributed by atoms with Crippen LogP contribution in [0.3, 0.4) is 0 Å². The molecule has 0 radical (unpaired) electrons. The fraction of sp³-hybridized carbons (Fsp3) is 0.533. The summed E-state index contributed by atoms with van der Waals surface area (Å²) in [6, 6.07) is 25.1. The Labute approximate surface area is 325 Å². The van der Waals surface area contributed by atoms with Crippen molar-refractivity contribution in [1.29, 1.82) is 0 Å². The third kappa shape index (κ3) is 9.35. The zero-order valence-electron chi connectivity index (χ0n) is 34.3. The van der Waals surface area contributed by atoms with E-state index in [1.165, 1.54) is 69.8 Å². The maximum atomic E-state index is 6.31. The van der Waals surface area contributed by atoms with Gasteiger partial charge in [0.15, 0.2) is 17.5 Å². The zero-order chi connectivity index (χ0) is 38.6. The first-order valence-corrected chi connectivity index (χ1v) is 20.5. The van der Waals surface area contributed by atoms with Gasteiger partial charge in [-0.1, -0.05) is 138 Å². The highest BCUT2D eigenvalue weighted by Gasteiger charge is 2.52. The van der Waals surface area contributed by atoms with Crippen LogP contribution in [0.5, 0.6) is 0 Å². The molecule has 286 valence electrons. The first kappa shape index (κ1) is 40.3. The molecule has 54 heavy (non-hydrogen) atoms. The minimum atomic E-state index is -0.435. The second-order valence-corrected chi connectivity index (χ2v) is 17.4. The topological polar surface area (TPSA) is 75.6 Å². The molecular weight excluding hydrogens is 668 g/mol. The molecule has 4 aromatic rings. The van der Waals surface area contributed by atoms with Crippen molar-refractivity contribution in [1.82, 2.24) is 15.0 Å². The van der Waals surface area contributed by atoms with Crippen LogP contribution in [0, 0.1) is 0 Å². The van der Waals surface area contributed by atoms with Crippen molar-refractivity contribution >= 4 is 25.2 Å². The van der Waals surface area contributed by atoms with Gasteiger partial charge in [0.2, 0.25) is 0 Å². The molecule has 6 rings (SSSR count). The van der Waals surface area contributed by atoms with Crippen molar-refractivity contribution < 1.29 is 18.6 Å². The third-order valence-corrected chi connectivity index (χ3v) is 12.1. The average molecular weight is 730 g/mol. The number of aryl methyl sites for hydroxylation is 1. The molecule has 0 amide bonds. The van der Waals surface area contributed by atoms with Gasteiger partial charge in [-0.15, -0.1) is 0 Å². The number of rotatable bonds is 16. The monoisotopic (exact) mass is 729 g/mol. The van der Waals surface area contributed by atoms with E-state index in [0.717, 1.165) is 34.0 Å². The van der Waals surface area contributed by atoms with Crippen LogP contribution in [0.25, 0.3) is 34.2 Å². The van der Waals surface area contributed by atoms with E-state index in [1.54, 1.807) is 0 Å². The van der Waals surface area contributed by atoms with Gasteiger partial charge in [-0.05, 0) is 84.7 Å². The van der Waals surface area contributed by atoms with Crippen LogP contribution in [0.15, 0.2) is 72.8 Å². The fourth-order valence-corrected chi connectivity index (χ4v) is 6.94. The van der Waals surface area contributed by atoms with Crippen molar-refractivity contribution in [3.05, 3.63) is 78.4 Å². The molecule has 2 aliphatic rings. The second kappa shape index (κ2) is 16.8. The molecule has 0 saturated carbocycles. The zero-order valence-corrected chi connectivity index (χ0v) is 34.3. The summed E-state index contributed by atoms with van der Waals surface area (Å²) in [5.74, 6) is 1.87. The van der Waals surface area contributed by atoms with E-state index < -0.39 is 36.6 Å². The molecule has 2 saturated heterocycles. The van der Waals surface area contributed by atoms with Gasteiger partial charge in [0.1, 0.15) is 0 Å². The van der Waals surface area contributed by atoms with E-state index in [2.05, 4.69) is 86.6 Å². The van der Waals surface area contributed by atoms with Crippen LogP contribution >= 0.6 is 0 Å². The van der Waals surface area contributed by atoms with Crippen LogP contribution in [0.4, 0.5) is 0 Å². The molecule has 2 fully saturated rings. The number of hydrogen-bond donors (Lipinski definition) is 0. The summed E-state index contributed by atoms with van der Waals surface area (Å²) in [7, 11) is -0.871. The Balaban J connectivity index is 1.19. The predicted octanol–water partition coefficient (Wildman–Crippen LogP) is 9.93. The van der Waals surface area contributed by atoms with Gasteiger partial charge < -0.3 is 18.6 Å². The van der Waals surface area contributed by atoms with E-state index >= 15 is 0 Å². The molecule has 0 spiro atoms. The van der Waals surface area contributed by atoms with Crippen LogP contribution in [0.1, 0.15) is 132 Å². The molecular formula is C45H61B2N3O4. The molecule has 0 N–H and O–H groups in total. The lowest BCUT2D eigenvalue weighted by Crippen LogP contribution is -2.41. The summed E-state index contributed by atoms with van der Waals surface area (Å²) in [5.41, 5.74) is 4.40. The van der Waals surface area contributed by atoms with E-state index in [4.69, 9.17) is 33.6 Å². The number of benzene rings is 3. The molecule has 0 atom stereocenters. The molecule has 3 heterocycles. The maximum Gasteiger partial charge on any atom is 0.494 e. The van der Waals surface area contributed by atoms with Gasteiger partial charge in [-0.25, -0.2) is 15.0 Å². The van der Waals surface area contributed by atoms with E-state index in [9.17, 15) is 0 Å². The molecule has 0 bridgehead atoms. The van der Waals surface area contributed by atoms with Crippen molar-refractivity contribution in [3.8, 4) is 34.2 Å². The molecule has 1 aromatic heterocycles. The Bertz CT molecular complexity index is 1700. The Morgan fingerprint density at radius 1 is 0.407 bits per heavy atom. The lowest BCUT2D eigenvalue weighted by atomic mass is 9.79. The van der Waals surface area contributed by atoms with Crippen LogP contribution < -0.4 is 10.9 Å². The number of unbranched alkanes of at least 4 members (excludes halogenated alkanes) is 9. The summed E-state index contributed by atoms with van der Waals surface area (Å²) in [6.07, 6.45) is 14.5. The first-order chi connectivity index (χ1) is 25.7. The van der Waals surface area contributed by atoms with Crippen molar-refractivity contribution in [2.24, 2.45) is 0 Å². The minimum Gasteiger partial charge on any atom is -0.399 e. The van der Waals surface area contributed by atoms with Crippen LogP contribution in [-0.4, -0.2) is 51.6 Å². The Hall–Kier alpha value is -3.36. The lowest BCUT2D eigenvalue weighted by Gasteiger charge is -2.32. The molecule has 9 heteroatoms.